The Morgan fingerprint density at radius 2 is 1.93 bits per heavy atom. The van der Waals surface area contributed by atoms with Crippen LogP contribution in [0.4, 0.5) is 0 Å². The normalized spacial score (nSPS) is 16.0. The van der Waals surface area contributed by atoms with Gasteiger partial charge in [-0.25, -0.2) is 4.98 Å². The molecule has 1 fully saturated rings. The average molecular weight is 373 g/mol. The van der Waals surface area contributed by atoms with E-state index in [1.807, 2.05) is 38.1 Å². The lowest BCUT2D eigenvalue weighted by Crippen LogP contribution is -2.33. The third-order valence-electron chi connectivity index (χ3n) is 5.35. The first kappa shape index (κ1) is 19.9. The first-order valence-electron chi connectivity index (χ1n) is 10.1. The lowest BCUT2D eigenvalue weighted by atomic mass is 9.92. The smallest absolute Gasteiger partial charge is 0.226 e. The van der Waals surface area contributed by atoms with E-state index in [0.717, 1.165) is 54.9 Å². The van der Waals surface area contributed by atoms with Crippen molar-refractivity contribution in [2.45, 2.75) is 46.1 Å². The molecule has 1 aromatic heterocycles. The highest BCUT2D eigenvalue weighted by Gasteiger charge is 2.21. The molecule has 2 aromatic rings. The lowest BCUT2D eigenvalue weighted by Gasteiger charge is -2.31. The molecule has 0 spiro atoms. The number of methoxy groups -OCH3 is 1. The zero-order chi connectivity index (χ0) is 19.1. The number of oxazole rings is 1. The second kappa shape index (κ2) is 9.90. The Bertz CT molecular complexity index is 688. The molecule has 0 bridgehead atoms. The molecule has 148 valence electrons. The summed E-state index contributed by atoms with van der Waals surface area (Å²) in [5.74, 6) is 3.33. The van der Waals surface area contributed by atoms with Gasteiger partial charge in [0, 0.05) is 25.8 Å². The molecule has 5 nitrogen and oxygen atoms in total. The van der Waals surface area contributed by atoms with Gasteiger partial charge in [0.2, 0.25) is 5.89 Å². The summed E-state index contributed by atoms with van der Waals surface area (Å²) in [6.07, 6.45) is 5.00. The van der Waals surface area contributed by atoms with Gasteiger partial charge in [-0.15, -0.1) is 0 Å². The molecule has 27 heavy (non-hydrogen) atoms. The number of piperidine rings is 1. The van der Waals surface area contributed by atoms with Crippen LogP contribution in [0.25, 0.3) is 11.5 Å². The number of aryl methyl sites for hydroxylation is 1. The highest BCUT2D eigenvalue weighted by molar-refractivity contribution is 5.55. The van der Waals surface area contributed by atoms with E-state index in [0.29, 0.717) is 12.5 Å². The topological polar surface area (TPSA) is 47.7 Å². The predicted octanol–water partition coefficient (Wildman–Crippen LogP) is 4.69. The summed E-state index contributed by atoms with van der Waals surface area (Å²) in [6.45, 7) is 8.71. The summed E-state index contributed by atoms with van der Waals surface area (Å²) in [5.41, 5.74) is 2.04. The van der Waals surface area contributed by atoms with Gasteiger partial charge >= 0.3 is 0 Å². The molecule has 3 rings (SSSR count). The summed E-state index contributed by atoms with van der Waals surface area (Å²) in [6, 6.07) is 7.94. The van der Waals surface area contributed by atoms with Crippen LogP contribution in [-0.4, -0.2) is 43.3 Å². The van der Waals surface area contributed by atoms with Crippen LogP contribution in [0, 0.1) is 12.8 Å². The Morgan fingerprint density at radius 1 is 1.19 bits per heavy atom. The van der Waals surface area contributed by atoms with Crippen molar-refractivity contribution in [3.05, 3.63) is 35.7 Å². The largest absolute Gasteiger partial charge is 0.494 e. The van der Waals surface area contributed by atoms with Crippen molar-refractivity contribution in [1.82, 2.24) is 9.88 Å². The number of benzene rings is 1. The standard InChI is InChI=1S/C22H32N2O3/c1-4-26-20-9-7-19(8-10-20)22-23-21(17(2)27-22)16-24-13-11-18(12-14-24)6-5-15-25-3/h7-10,18H,4-6,11-16H2,1-3H3. The van der Waals surface area contributed by atoms with Gasteiger partial charge < -0.3 is 13.9 Å². The van der Waals surface area contributed by atoms with Gasteiger partial charge in [-0.2, -0.15) is 0 Å². The Hall–Kier alpha value is -1.85. The molecule has 0 amide bonds. The van der Waals surface area contributed by atoms with Crippen LogP contribution in [0.2, 0.25) is 0 Å². The Kier molecular flexibility index (Phi) is 7.30. The van der Waals surface area contributed by atoms with E-state index in [1.54, 1.807) is 7.11 Å². The second-order valence-corrected chi connectivity index (χ2v) is 7.33. The van der Waals surface area contributed by atoms with Crippen LogP contribution < -0.4 is 4.74 Å². The van der Waals surface area contributed by atoms with Crippen molar-refractivity contribution in [3.63, 3.8) is 0 Å². The van der Waals surface area contributed by atoms with Crippen LogP contribution in [0.1, 0.15) is 44.1 Å². The van der Waals surface area contributed by atoms with E-state index in [-0.39, 0.29) is 0 Å². The van der Waals surface area contributed by atoms with E-state index in [1.165, 1.54) is 25.7 Å². The van der Waals surface area contributed by atoms with Crippen molar-refractivity contribution >= 4 is 0 Å². The van der Waals surface area contributed by atoms with Crippen molar-refractivity contribution in [1.29, 1.82) is 0 Å². The lowest BCUT2D eigenvalue weighted by molar-refractivity contribution is 0.150. The van der Waals surface area contributed by atoms with Crippen LogP contribution in [0.5, 0.6) is 5.75 Å². The molecule has 2 heterocycles. The Labute approximate surface area is 162 Å². The molecule has 1 aliphatic heterocycles. The number of aromatic nitrogens is 1. The third-order valence-corrected chi connectivity index (χ3v) is 5.35. The summed E-state index contributed by atoms with van der Waals surface area (Å²) in [5, 5.41) is 0. The van der Waals surface area contributed by atoms with Crippen LogP contribution in [-0.2, 0) is 11.3 Å². The maximum Gasteiger partial charge on any atom is 0.226 e. The number of hydrogen-bond donors (Lipinski definition) is 0. The summed E-state index contributed by atoms with van der Waals surface area (Å²) in [4.78, 5) is 7.26. The van der Waals surface area contributed by atoms with E-state index in [4.69, 9.17) is 18.9 Å². The van der Waals surface area contributed by atoms with Gasteiger partial charge in [0.25, 0.3) is 0 Å². The molecule has 0 aliphatic carbocycles. The van der Waals surface area contributed by atoms with Gasteiger partial charge in [0.15, 0.2) is 0 Å². The van der Waals surface area contributed by atoms with Gasteiger partial charge in [0.1, 0.15) is 11.5 Å². The Balaban J connectivity index is 1.54. The molecule has 0 unspecified atom stereocenters. The molecule has 5 heteroatoms. The zero-order valence-corrected chi connectivity index (χ0v) is 16.9. The molecule has 1 saturated heterocycles. The number of likely N-dealkylation sites (tertiary alicyclic amines) is 1. The molecule has 0 N–H and O–H groups in total. The van der Waals surface area contributed by atoms with Crippen molar-refractivity contribution < 1.29 is 13.9 Å². The maximum absolute atomic E-state index is 5.94. The van der Waals surface area contributed by atoms with E-state index >= 15 is 0 Å². The predicted molar refractivity (Wildman–Crippen MR) is 107 cm³/mol. The number of rotatable bonds is 9. The van der Waals surface area contributed by atoms with Crippen molar-refractivity contribution in [2.24, 2.45) is 5.92 Å². The summed E-state index contributed by atoms with van der Waals surface area (Å²) < 4.78 is 16.6. The first-order valence-corrected chi connectivity index (χ1v) is 10.1. The van der Waals surface area contributed by atoms with E-state index < -0.39 is 0 Å². The third kappa shape index (κ3) is 5.56. The fraction of sp³-hybridized carbons (Fsp3) is 0.591. The molecule has 0 saturated carbocycles. The molecule has 1 aromatic carbocycles. The monoisotopic (exact) mass is 372 g/mol. The number of nitrogens with zero attached hydrogens (tertiary/aromatic N) is 2. The highest BCUT2D eigenvalue weighted by Crippen LogP contribution is 2.27. The first-order chi connectivity index (χ1) is 13.2. The van der Waals surface area contributed by atoms with E-state index in [2.05, 4.69) is 4.90 Å². The fourth-order valence-electron chi connectivity index (χ4n) is 3.72. The zero-order valence-electron chi connectivity index (χ0n) is 16.9. The average Bonchev–Trinajstić information content (AvgIpc) is 3.05. The van der Waals surface area contributed by atoms with Gasteiger partial charge in [-0.05, 0) is 82.8 Å². The van der Waals surface area contributed by atoms with Crippen LogP contribution >= 0.6 is 0 Å². The molecular formula is C22H32N2O3. The van der Waals surface area contributed by atoms with Crippen LogP contribution in [0.3, 0.4) is 0 Å². The molecule has 0 radical (unpaired) electrons. The van der Waals surface area contributed by atoms with Crippen molar-refractivity contribution in [2.75, 3.05) is 33.4 Å². The highest BCUT2D eigenvalue weighted by atomic mass is 16.5. The van der Waals surface area contributed by atoms with Gasteiger partial charge in [-0.1, -0.05) is 0 Å². The fourth-order valence-corrected chi connectivity index (χ4v) is 3.72. The summed E-state index contributed by atoms with van der Waals surface area (Å²) in [7, 11) is 1.78. The SMILES string of the molecule is CCOc1ccc(-c2nc(CN3CCC(CCCOC)CC3)c(C)o2)cc1. The molecule has 1 aliphatic rings. The van der Waals surface area contributed by atoms with Crippen LogP contribution in [0.15, 0.2) is 28.7 Å². The number of ether oxygens (including phenoxy) is 2. The second-order valence-electron chi connectivity index (χ2n) is 7.33. The summed E-state index contributed by atoms with van der Waals surface area (Å²) >= 11 is 0. The number of hydrogen-bond acceptors (Lipinski definition) is 5. The van der Waals surface area contributed by atoms with Gasteiger partial charge in [-0.3, -0.25) is 4.90 Å². The van der Waals surface area contributed by atoms with Crippen molar-refractivity contribution in [3.8, 4) is 17.2 Å². The molecule has 0 atom stereocenters. The minimum absolute atomic E-state index is 0.671. The minimum Gasteiger partial charge on any atom is -0.494 e. The quantitative estimate of drug-likeness (QED) is 0.598. The van der Waals surface area contributed by atoms with Gasteiger partial charge in [0.05, 0.1) is 12.3 Å². The Morgan fingerprint density at radius 3 is 2.59 bits per heavy atom. The van der Waals surface area contributed by atoms with E-state index in [9.17, 15) is 0 Å². The molecular weight excluding hydrogens is 340 g/mol. The minimum atomic E-state index is 0.671. The maximum atomic E-state index is 5.94.